The Morgan fingerprint density at radius 2 is 1.97 bits per heavy atom. The van der Waals surface area contributed by atoms with Crippen LogP contribution in [0.5, 0.6) is 0 Å². The monoisotopic (exact) mass is 458 g/mol. The molecule has 10 heteroatoms. The number of nitrogens with zero attached hydrogens (tertiary/aromatic N) is 1. The molecule has 0 saturated heterocycles. The molecule has 0 fully saturated rings. The van der Waals surface area contributed by atoms with Crippen LogP contribution in [0.15, 0.2) is 46.8 Å². The third kappa shape index (κ3) is 4.65. The zero-order valence-corrected chi connectivity index (χ0v) is 18.9. The molecule has 3 rings (SSSR count). The van der Waals surface area contributed by atoms with E-state index in [2.05, 4.69) is 5.32 Å². The van der Waals surface area contributed by atoms with Crippen LogP contribution in [0, 0.1) is 22.0 Å². The topological polar surface area (TPSA) is 134 Å². The van der Waals surface area contributed by atoms with Crippen molar-refractivity contribution in [3.8, 4) is 0 Å². The summed E-state index contributed by atoms with van der Waals surface area (Å²) >= 11 is 0. The van der Waals surface area contributed by atoms with Gasteiger partial charge in [0.2, 0.25) is 0 Å². The van der Waals surface area contributed by atoms with Crippen molar-refractivity contribution in [3.63, 3.8) is 0 Å². The average molecular weight is 458 g/mol. The van der Waals surface area contributed by atoms with Crippen molar-refractivity contribution >= 4 is 23.4 Å². The van der Waals surface area contributed by atoms with Gasteiger partial charge in [0.05, 0.1) is 24.2 Å². The van der Waals surface area contributed by atoms with Crippen LogP contribution < -0.4 is 5.32 Å². The summed E-state index contributed by atoms with van der Waals surface area (Å²) in [5.74, 6) is -4.13. The number of dihydropyridines is 1. The summed E-state index contributed by atoms with van der Waals surface area (Å²) in [5.41, 5.74) is 1.62. The number of hydrogen-bond donors (Lipinski definition) is 1. The number of ketones is 1. The first kappa shape index (κ1) is 24.1. The predicted molar refractivity (Wildman–Crippen MR) is 116 cm³/mol. The molecule has 1 heterocycles. The van der Waals surface area contributed by atoms with Gasteiger partial charge in [-0.1, -0.05) is 19.1 Å². The summed E-state index contributed by atoms with van der Waals surface area (Å²) in [7, 11) is 2.68. The van der Waals surface area contributed by atoms with Crippen LogP contribution in [0.4, 0.5) is 5.69 Å². The van der Waals surface area contributed by atoms with Crippen molar-refractivity contribution in [2.75, 3.05) is 27.4 Å². The van der Waals surface area contributed by atoms with E-state index in [1.165, 1.54) is 32.4 Å². The molecule has 33 heavy (non-hydrogen) atoms. The lowest BCUT2D eigenvalue weighted by Gasteiger charge is -2.38. The van der Waals surface area contributed by atoms with Crippen molar-refractivity contribution in [2.45, 2.75) is 26.2 Å². The molecule has 1 aliphatic carbocycles. The number of nitrogens with one attached hydrogen (secondary N) is 1. The summed E-state index contributed by atoms with van der Waals surface area (Å²) in [5, 5.41) is 14.5. The van der Waals surface area contributed by atoms with Gasteiger partial charge in [0, 0.05) is 42.1 Å². The number of hydrogen-bond acceptors (Lipinski definition) is 9. The number of esters is 2. The standard InChI is InChI=1S/C23H26N2O8/c1-12-10-16-20(21(26)17(12)22(27)32-4)19(14-6-5-7-15(11-14)25(29)30)18(13(2)24-16)23(28)33-9-8-31-3/h5-7,11-12,17,19,24H,8-10H2,1-4H3/t12-,17+,19-/m0/s1. The van der Waals surface area contributed by atoms with Crippen LogP contribution in [0.1, 0.15) is 31.7 Å². The number of Topliss-reactive ketones (excluding diaryl/α,β-unsaturated/α-hetero) is 1. The third-order valence-electron chi connectivity index (χ3n) is 5.90. The molecule has 0 aromatic heterocycles. The van der Waals surface area contributed by atoms with E-state index in [4.69, 9.17) is 14.2 Å². The maximum Gasteiger partial charge on any atom is 0.336 e. The van der Waals surface area contributed by atoms with Gasteiger partial charge in [-0.05, 0) is 24.8 Å². The molecule has 3 atom stereocenters. The molecular formula is C23H26N2O8. The molecule has 0 amide bonds. The minimum Gasteiger partial charge on any atom is -0.468 e. The summed E-state index contributed by atoms with van der Waals surface area (Å²) in [6.07, 6.45) is 0.371. The zero-order chi connectivity index (χ0) is 24.3. The molecule has 0 unspecified atom stereocenters. The molecule has 1 aliphatic heterocycles. The largest absolute Gasteiger partial charge is 0.468 e. The normalized spacial score (nSPS) is 22.4. The van der Waals surface area contributed by atoms with Gasteiger partial charge in [-0.15, -0.1) is 0 Å². The van der Waals surface area contributed by atoms with Gasteiger partial charge in [0.1, 0.15) is 12.5 Å². The molecule has 2 aliphatic rings. The number of nitro groups is 1. The van der Waals surface area contributed by atoms with Crippen molar-refractivity contribution in [3.05, 3.63) is 62.5 Å². The first-order chi connectivity index (χ1) is 15.7. The minimum absolute atomic E-state index is 0.00452. The number of methoxy groups -OCH3 is 2. The van der Waals surface area contributed by atoms with Gasteiger partial charge in [-0.2, -0.15) is 0 Å². The predicted octanol–water partition coefficient (Wildman–Crippen LogP) is 2.40. The maximum atomic E-state index is 13.6. The fourth-order valence-corrected chi connectivity index (χ4v) is 4.40. The van der Waals surface area contributed by atoms with Crippen molar-refractivity contribution in [1.82, 2.24) is 5.32 Å². The van der Waals surface area contributed by atoms with E-state index in [-0.39, 0.29) is 36.0 Å². The van der Waals surface area contributed by atoms with E-state index >= 15 is 0 Å². The molecule has 0 saturated carbocycles. The molecule has 10 nitrogen and oxygen atoms in total. The molecular weight excluding hydrogens is 432 g/mol. The summed E-state index contributed by atoms with van der Waals surface area (Å²) in [4.78, 5) is 49.9. The second-order valence-corrected chi connectivity index (χ2v) is 8.02. The fraction of sp³-hybridized carbons (Fsp3) is 0.435. The minimum atomic E-state index is -1.04. The molecule has 0 bridgehead atoms. The van der Waals surface area contributed by atoms with Crippen LogP contribution in [0.2, 0.25) is 0 Å². The van der Waals surface area contributed by atoms with E-state index in [1.807, 2.05) is 0 Å². The summed E-state index contributed by atoms with van der Waals surface area (Å²) in [6, 6.07) is 5.76. The number of allylic oxidation sites excluding steroid dienone is 3. The molecule has 1 N–H and O–H groups in total. The second-order valence-electron chi connectivity index (χ2n) is 8.02. The highest BCUT2D eigenvalue weighted by Gasteiger charge is 2.47. The maximum absolute atomic E-state index is 13.6. The van der Waals surface area contributed by atoms with Gasteiger partial charge in [-0.25, -0.2) is 4.79 Å². The molecule has 1 aromatic rings. The van der Waals surface area contributed by atoms with E-state index in [9.17, 15) is 24.5 Å². The van der Waals surface area contributed by atoms with Gasteiger partial charge >= 0.3 is 11.9 Å². The number of non-ortho nitro benzene ring substituents is 1. The quantitative estimate of drug-likeness (QED) is 0.215. The Kier molecular flexibility index (Phi) is 7.27. The van der Waals surface area contributed by atoms with Crippen LogP contribution in [0.3, 0.4) is 0 Å². The summed E-state index contributed by atoms with van der Waals surface area (Å²) in [6.45, 7) is 3.64. The Morgan fingerprint density at radius 3 is 2.61 bits per heavy atom. The highest BCUT2D eigenvalue weighted by Crippen LogP contribution is 2.45. The highest BCUT2D eigenvalue weighted by molar-refractivity contribution is 6.12. The first-order valence-electron chi connectivity index (χ1n) is 10.4. The lowest BCUT2D eigenvalue weighted by molar-refractivity contribution is -0.384. The lowest BCUT2D eigenvalue weighted by atomic mass is 9.69. The van der Waals surface area contributed by atoms with E-state index in [1.54, 1.807) is 19.9 Å². The molecule has 0 radical (unpaired) electrons. The van der Waals surface area contributed by atoms with Gasteiger partial charge in [-0.3, -0.25) is 19.7 Å². The van der Waals surface area contributed by atoms with Crippen LogP contribution in [-0.4, -0.2) is 50.1 Å². The Balaban J connectivity index is 2.16. The average Bonchev–Trinajstić information content (AvgIpc) is 2.78. The van der Waals surface area contributed by atoms with Crippen LogP contribution >= 0.6 is 0 Å². The number of rotatable bonds is 7. The van der Waals surface area contributed by atoms with Crippen molar-refractivity contribution in [1.29, 1.82) is 0 Å². The Bertz CT molecular complexity index is 1060. The summed E-state index contributed by atoms with van der Waals surface area (Å²) < 4.78 is 15.1. The SMILES string of the molecule is COCCOC(=O)C1=C(C)NC2=C(C(=O)[C@H](C(=O)OC)[C@@H](C)C2)[C@H]1c1cccc([N+](=O)[O-])c1. The van der Waals surface area contributed by atoms with Gasteiger partial charge < -0.3 is 19.5 Å². The van der Waals surface area contributed by atoms with Crippen LogP contribution in [0.25, 0.3) is 0 Å². The Labute approximate surface area is 190 Å². The van der Waals surface area contributed by atoms with Crippen LogP contribution in [-0.2, 0) is 28.6 Å². The molecule has 0 spiro atoms. The number of carbonyl (C=O) groups is 3. The van der Waals surface area contributed by atoms with Crippen molar-refractivity contribution < 1.29 is 33.5 Å². The second kappa shape index (κ2) is 9.95. The first-order valence-corrected chi connectivity index (χ1v) is 10.4. The van der Waals surface area contributed by atoms with E-state index < -0.39 is 34.5 Å². The Hall–Kier alpha value is -3.53. The number of carbonyl (C=O) groups excluding carboxylic acids is 3. The fourth-order valence-electron chi connectivity index (χ4n) is 4.40. The van der Waals surface area contributed by atoms with E-state index in [0.717, 1.165) is 0 Å². The van der Waals surface area contributed by atoms with Crippen molar-refractivity contribution in [2.24, 2.45) is 11.8 Å². The molecule has 176 valence electrons. The van der Waals surface area contributed by atoms with Gasteiger partial charge in [0.25, 0.3) is 5.69 Å². The highest BCUT2D eigenvalue weighted by atomic mass is 16.6. The number of nitro benzene ring substituents is 1. The lowest BCUT2D eigenvalue weighted by Crippen LogP contribution is -2.43. The third-order valence-corrected chi connectivity index (χ3v) is 5.90. The van der Waals surface area contributed by atoms with Gasteiger partial charge in [0.15, 0.2) is 5.78 Å². The smallest absolute Gasteiger partial charge is 0.336 e. The number of benzene rings is 1. The number of ether oxygens (including phenoxy) is 3. The van der Waals surface area contributed by atoms with E-state index in [0.29, 0.717) is 23.4 Å². The molecule has 1 aromatic carbocycles. The zero-order valence-electron chi connectivity index (χ0n) is 18.9. The Morgan fingerprint density at radius 1 is 1.24 bits per heavy atom.